The zero-order chi connectivity index (χ0) is 19.3. The van der Waals surface area contributed by atoms with Crippen molar-refractivity contribution in [2.75, 3.05) is 5.32 Å². The van der Waals surface area contributed by atoms with Crippen LogP contribution < -0.4 is 10.1 Å². The number of nitrogens with zero attached hydrogens (tertiary/aromatic N) is 3. The fourth-order valence-corrected chi connectivity index (χ4v) is 2.34. The van der Waals surface area contributed by atoms with Gasteiger partial charge in [0.25, 0.3) is 5.91 Å². The number of aromatic nitrogens is 3. The third-order valence-corrected chi connectivity index (χ3v) is 3.68. The van der Waals surface area contributed by atoms with Gasteiger partial charge in [-0.05, 0) is 48.5 Å². The van der Waals surface area contributed by atoms with E-state index in [1.165, 1.54) is 36.5 Å². The largest absolute Gasteiger partial charge is 0.456 e. The fraction of sp³-hybridized carbons (Fsp3) is 0. The van der Waals surface area contributed by atoms with Gasteiger partial charge in [-0.2, -0.15) is 0 Å². The molecule has 1 N–H and O–H groups in total. The fourth-order valence-electron chi connectivity index (χ4n) is 2.34. The maximum absolute atomic E-state index is 13.0. The highest BCUT2D eigenvalue weighted by Crippen LogP contribution is 2.22. The number of ether oxygens (including phenoxy) is 1. The molecule has 2 aromatic heterocycles. The molecule has 0 fully saturated rings. The van der Waals surface area contributed by atoms with Gasteiger partial charge in [-0.25, -0.2) is 9.37 Å². The summed E-state index contributed by atoms with van der Waals surface area (Å²) in [5, 5.41) is 10.1. The molecule has 4 aromatic rings. The van der Waals surface area contributed by atoms with Gasteiger partial charge in [-0.15, -0.1) is 5.10 Å². The Kier molecular flexibility index (Phi) is 4.75. The van der Waals surface area contributed by atoms with Crippen LogP contribution in [-0.2, 0) is 0 Å². The molecule has 0 bridgehead atoms. The first-order valence-electron chi connectivity index (χ1n) is 8.27. The SMILES string of the molecule is O=C(Nc1nnc(-c2ccc(F)cc2)o1)c1ccc(Oc2ccccc2)cn1. The van der Waals surface area contributed by atoms with Crippen LogP contribution in [0.15, 0.2) is 77.3 Å². The number of amides is 1. The lowest BCUT2D eigenvalue weighted by atomic mass is 10.2. The maximum atomic E-state index is 13.0. The van der Waals surface area contributed by atoms with Crippen LogP contribution in [0.2, 0.25) is 0 Å². The summed E-state index contributed by atoms with van der Waals surface area (Å²) in [5.41, 5.74) is 0.692. The molecule has 4 rings (SSSR count). The molecule has 0 aliphatic carbocycles. The van der Waals surface area contributed by atoms with Crippen molar-refractivity contribution in [3.63, 3.8) is 0 Å². The second kappa shape index (κ2) is 7.67. The number of hydrogen-bond acceptors (Lipinski definition) is 6. The first kappa shape index (κ1) is 17.3. The van der Waals surface area contributed by atoms with Crippen molar-refractivity contribution in [2.24, 2.45) is 0 Å². The Labute approximate surface area is 158 Å². The number of carbonyl (C=O) groups excluding carboxylic acids is 1. The number of benzene rings is 2. The first-order valence-corrected chi connectivity index (χ1v) is 8.27. The number of halogens is 1. The maximum Gasteiger partial charge on any atom is 0.322 e. The molecule has 0 saturated carbocycles. The van der Waals surface area contributed by atoms with Gasteiger partial charge >= 0.3 is 6.01 Å². The monoisotopic (exact) mass is 376 g/mol. The molecule has 0 aliphatic rings. The Balaban J connectivity index is 1.42. The molecule has 2 aromatic carbocycles. The van der Waals surface area contributed by atoms with Gasteiger partial charge in [0.1, 0.15) is 23.0 Å². The van der Waals surface area contributed by atoms with Crippen LogP contribution in [-0.4, -0.2) is 21.1 Å². The van der Waals surface area contributed by atoms with E-state index in [0.717, 1.165) is 0 Å². The molecule has 0 spiro atoms. The Morgan fingerprint density at radius 1 is 0.929 bits per heavy atom. The second-order valence-electron chi connectivity index (χ2n) is 5.67. The first-order chi connectivity index (χ1) is 13.7. The average molecular weight is 376 g/mol. The van der Waals surface area contributed by atoms with Crippen LogP contribution in [0.5, 0.6) is 11.5 Å². The molecule has 2 heterocycles. The Morgan fingerprint density at radius 3 is 2.43 bits per heavy atom. The summed E-state index contributed by atoms with van der Waals surface area (Å²) in [4.78, 5) is 16.4. The van der Waals surface area contributed by atoms with Crippen molar-refractivity contribution in [1.29, 1.82) is 0 Å². The molecule has 0 atom stereocenters. The highest BCUT2D eigenvalue weighted by atomic mass is 19.1. The van der Waals surface area contributed by atoms with E-state index in [2.05, 4.69) is 20.5 Å². The normalized spacial score (nSPS) is 10.5. The molecular formula is C20H13FN4O3. The molecule has 0 saturated heterocycles. The minimum absolute atomic E-state index is 0.0873. The summed E-state index contributed by atoms with van der Waals surface area (Å²) >= 11 is 0. The Hall–Kier alpha value is -4.07. The Bertz CT molecular complexity index is 1080. The van der Waals surface area contributed by atoms with Gasteiger partial charge in [0, 0.05) is 5.56 Å². The number of rotatable bonds is 5. The molecule has 8 heteroatoms. The summed E-state index contributed by atoms with van der Waals surface area (Å²) in [6.45, 7) is 0. The zero-order valence-corrected chi connectivity index (χ0v) is 14.4. The van der Waals surface area contributed by atoms with Gasteiger partial charge < -0.3 is 9.15 Å². The molecule has 1 amide bonds. The van der Waals surface area contributed by atoms with Crippen LogP contribution in [0.25, 0.3) is 11.5 Å². The van der Waals surface area contributed by atoms with Crippen molar-refractivity contribution in [1.82, 2.24) is 15.2 Å². The lowest BCUT2D eigenvalue weighted by Gasteiger charge is -2.05. The molecule has 28 heavy (non-hydrogen) atoms. The van der Waals surface area contributed by atoms with E-state index < -0.39 is 5.91 Å². The van der Waals surface area contributed by atoms with Crippen molar-refractivity contribution < 1.29 is 18.3 Å². The zero-order valence-electron chi connectivity index (χ0n) is 14.4. The van der Waals surface area contributed by atoms with Gasteiger partial charge in [0.05, 0.1) is 6.20 Å². The molecule has 0 radical (unpaired) electrons. The van der Waals surface area contributed by atoms with Crippen LogP contribution in [0, 0.1) is 5.82 Å². The van der Waals surface area contributed by atoms with Gasteiger partial charge in [-0.3, -0.25) is 10.1 Å². The van der Waals surface area contributed by atoms with E-state index in [1.54, 1.807) is 6.07 Å². The number of anilines is 1. The van der Waals surface area contributed by atoms with Gasteiger partial charge in [0.15, 0.2) is 0 Å². The van der Waals surface area contributed by atoms with Crippen LogP contribution in [0.1, 0.15) is 10.5 Å². The molecule has 0 aliphatic heterocycles. The highest BCUT2D eigenvalue weighted by Gasteiger charge is 2.14. The van der Waals surface area contributed by atoms with E-state index in [0.29, 0.717) is 17.1 Å². The molecular weight excluding hydrogens is 363 g/mol. The lowest BCUT2D eigenvalue weighted by molar-refractivity contribution is 0.101. The van der Waals surface area contributed by atoms with Gasteiger partial charge in [-0.1, -0.05) is 23.3 Å². The summed E-state index contributed by atoms with van der Waals surface area (Å²) < 4.78 is 24.0. The summed E-state index contributed by atoms with van der Waals surface area (Å²) in [5.74, 6) is 0.442. The Morgan fingerprint density at radius 2 is 1.71 bits per heavy atom. The summed E-state index contributed by atoms with van der Waals surface area (Å²) in [6, 6.07) is 17.9. The average Bonchev–Trinajstić information content (AvgIpc) is 3.18. The van der Waals surface area contributed by atoms with Crippen LogP contribution in [0.4, 0.5) is 10.4 Å². The quantitative estimate of drug-likeness (QED) is 0.558. The topological polar surface area (TPSA) is 90.1 Å². The minimum Gasteiger partial charge on any atom is -0.456 e. The van der Waals surface area contributed by atoms with E-state index in [9.17, 15) is 9.18 Å². The third kappa shape index (κ3) is 4.01. The van der Waals surface area contributed by atoms with Crippen molar-refractivity contribution in [3.05, 3.63) is 84.4 Å². The van der Waals surface area contributed by atoms with Crippen molar-refractivity contribution >= 4 is 11.9 Å². The van der Waals surface area contributed by atoms with E-state index in [1.807, 2.05) is 30.3 Å². The number of pyridine rings is 1. The highest BCUT2D eigenvalue weighted by molar-refractivity contribution is 6.01. The third-order valence-electron chi connectivity index (χ3n) is 3.68. The number of para-hydroxylation sites is 1. The van der Waals surface area contributed by atoms with E-state index in [4.69, 9.17) is 9.15 Å². The smallest absolute Gasteiger partial charge is 0.322 e. The molecule has 7 nitrogen and oxygen atoms in total. The molecule has 138 valence electrons. The van der Waals surface area contributed by atoms with Crippen LogP contribution >= 0.6 is 0 Å². The summed E-state index contributed by atoms with van der Waals surface area (Å²) in [7, 11) is 0. The van der Waals surface area contributed by atoms with E-state index in [-0.39, 0.29) is 23.4 Å². The predicted molar refractivity (Wildman–Crippen MR) is 98.4 cm³/mol. The predicted octanol–water partition coefficient (Wildman–Crippen LogP) is 4.32. The van der Waals surface area contributed by atoms with Crippen LogP contribution in [0.3, 0.4) is 0 Å². The van der Waals surface area contributed by atoms with Crippen molar-refractivity contribution in [2.45, 2.75) is 0 Å². The number of hydrogen-bond donors (Lipinski definition) is 1. The standard InChI is InChI=1S/C20H13FN4O3/c21-14-8-6-13(7-9-14)19-24-25-20(28-19)23-18(26)17-11-10-16(12-22-17)27-15-4-2-1-3-5-15/h1-12H,(H,23,25,26). The minimum atomic E-state index is -0.513. The lowest BCUT2D eigenvalue weighted by Crippen LogP contribution is -2.13. The van der Waals surface area contributed by atoms with E-state index >= 15 is 0 Å². The van der Waals surface area contributed by atoms with Gasteiger partial charge in [0.2, 0.25) is 5.89 Å². The second-order valence-corrected chi connectivity index (χ2v) is 5.67. The number of nitrogens with one attached hydrogen (secondary N) is 1. The van der Waals surface area contributed by atoms with Crippen molar-refractivity contribution in [3.8, 4) is 23.0 Å². The number of carbonyl (C=O) groups is 1. The molecule has 0 unspecified atom stereocenters. The summed E-state index contributed by atoms with van der Waals surface area (Å²) in [6.07, 6.45) is 1.44.